The summed E-state index contributed by atoms with van der Waals surface area (Å²) in [5, 5.41) is 5.13. The second-order valence-electron chi connectivity index (χ2n) is 7.45. The van der Waals surface area contributed by atoms with E-state index < -0.39 is 0 Å². The van der Waals surface area contributed by atoms with E-state index >= 15 is 0 Å². The summed E-state index contributed by atoms with van der Waals surface area (Å²) in [6.45, 7) is 12.2. The smallest absolute Gasteiger partial charge is 0.234 e. The highest BCUT2D eigenvalue weighted by Crippen LogP contribution is 2.19. The molecule has 1 atom stereocenters. The Morgan fingerprint density at radius 2 is 1.96 bits per heavy atom. The predicted octanol–water partition coefficient (Wildman–Crippen LogP) is 2.97. The highest BCUT2D eigenvalue weighted by atomic mass is 32.1. The van der Waals surface area contributed by atoms with Gasteiger partial charge in [0.2, 0.25) is 5.91 Å². The average Bonchev–Trinajstić information content (AvgIpc) is 3.16. The van der Waals surface area contributed by atoms with Crippen molar-refractivity contribution >= 4 is 23.1 Å². The lowest BCUT2D eigenvalue weighted by molar-refractivity contribution is -0.122. The molecule has 1 saturated heterocycles. The lowest BCUT2D eigenvalue weighted by Gasteiger charge is -2.35. The molecule has 1 unspecified atom stereocenters. The summed E-state index contributed by atoms with van der Waals surface area (Å²) in [4.78, 5) is 27.3. The minimum atomic E-state index is 0.0669. The Hall–Kier alpha value is -1.99. The van der Waals surface area contributed by atoms with Gasteiger partial charge in [-0.1, -0.05) is 19.9 Å². The molecule has 0 aromatic carbocycles. The van der Waals surface area contributed by atoms with Crippen LogP contribution in [0.15, 0.2) is 23.6 Å². The maximum atomic E-state index is 12.4. The van der Waals surface area contributed by atoms with Gasteiger partial charge in [0.15, 0.2) is 0 Å². The fourth-order valence-electron chi connectivity index (χ4n) is 3.23. The van der Waals surface area contributed by atoms with Crippen LogP contribution in [0.25, 0.3) is 0 Å². The average molecular weight is 388 g/mol. The Labute approximate surface area is 165 Å². The molecule has 2 aromatic heterocycles. The number of piperazine rings is 1. The minimum Gasteiger partial charge on any atom is -0.354 e. The number of aryl methyl sites for hydroxylation is 1. The highest BCUT2D eigenvalue weighted by Gasteiger charge is 2.21. The molecule has 1 fully saturated rings. The molecule has 27 heavy (non-hydrogen) atoms. The zero-order valence-corrected chi connectivity index (χ0v) is 17.4. The van der Waals surface area contributed by atoms with E-state index in [9.17, 15) is 4.79 Å². The van der Waals surface area contributed by atoms with Crippen LogP contribution in [0.5, 0.6) is 0 Å². The van der Waals surface area contributed by atoms with Gasteiger partial charge >= 0.3 is 0 Å². The number of carbonyl (C=O) groups excluding carboxylic acids is 1. The van der Waals surface area contributed by atoms with Crippen molar-refractivity contribution in [3.63, 3.8) is 0 Å². The first kappa shape index (κ1) is 19.8. The van der Waals surface area contributed by atoms with Gasteiger partial charge in [-0.15, -0.1) is 11.3 Å². The van der Waals surface area contributed by atoms with Crippen molar-refractivity contribution in [3.8, 4) is 0 Å². The molecule has 2 aromatic rings. The van der Waals surface area contributed by atoms with Gasteiger partial charge in [-0.3, -0.25) is 9.69 Å². The highest BCUT2D eigenvalue weighted by molar-refractivity contribution is 7.10. The van der Waals surface area contributed by atoms with Crippen molar-refractivity contribution < 1.29 is 4.79 Å². The third-order valence-electron chi connectivity index (χ3n) is 4.79. The number of nitrogens with one attached hydrogen (secondary N) is 1. The van der Waals surface area contributed by atoms with Crippen molar-refractivity contribution in [3.05, 3.63) is 40.0 Å². The van der Waals surface area contributed by atoms with Crippen molar-refractivity contribution in [2.45, 2.75) is 39.7 Å². The van der Waals surface area contributed by atoms with Crippen LogP contribution in [0.3, 0.4) is 0 Å². The summed E-state index contributed by atoms with van der Waals surface area (Å²) >= 11 is 1.67. The lowest BCUT2D eigenvalue weighted by Crippen LogP contribution is -2.50. The van der Waals surface area contributed by atoms with E-state index in [2.05, 4.69) is 46.1 Å². The van der Waals surface area contributed by atoms with Crippen LogP contribution in [0, 0.1) is 6.92 Å². The maximum Gasteiger partial charge on any atom is 0.234 e. The largest absolute Gasteiger partial charge is 0.354 e. The van der Waals surface area contributed by atoms with Crippen LogP contribution in [0.2, 0.25) is 0 Å². The summed E-state index contributed by atoms with van der Waals surface area (Å²) in [7, 11) is 0. The molecular formula is C20H29N5OS. The van der Waals surface area contributed by atoms with Gasteiger partial charge in [0.1, 0.15) is 11.6 Å². The van der Waals surface area contributed by atoms with Crippen LogP contribution < -0.4 is 10.2 Å². The molecule has 3 rings (SSSR count). The van der Waals surface area contributed by atoms with E-state index in [1.807, 2.05) is 25.3 Å². The molecule has 1 amide bonds. The molecule has 146 valence electrons. The van der Waals surface area contributed by atoms with Gasteiger partial charge in [0, 0.05) is 48.7 Å². The van der Waals surface area contributed by atoms with E-state index in [1.165, 1.54) is 4.88 Å². The molecule has 1 aliphatic rings. The van der Waals surface area contributed by atoms with Crippen LogP contribution in [-0.4, -0.2) is 53.5 Å². The van der Waals surface area contributed by atoms with E-state index in [1.54, 1.807) is 11.3 Å². The number of nitrogens with zero attached hydrogens (tertiary/aromatic N) is 4. The first-order valence-electron chi connectivity index (χ1n) is 9.58. The normalized spacial score (nSPS) is 16.6. The van der Waals surface area contributed by atoms with Gasteiger partial charge < -0.3 is 10.2 Å². The number of aromatic nitrogens is 2. The molecule has 6 nitrogen and oxygen atoms in total. The number of carbonyl (C=O) groups is 1. The number of hydrogen-bond donors (Lipinski definition) is 1. The third-order valence-corrected chi connectivity index (χ3v) is 5.84. The second-order valence-corrected chi connectivity index (χ2v) is 8.43. The topological polar surface area (TPSA) is 61.4 Å². The first-order chi connectivity index (χ1) is 12.9. The Morgan fingerprint density at radius 1 is 1.22 bits per heavy atom. The molecule has 0 spiro atoms. The van der Waals surface area contributed by atoms with E-state index in [4.69, 9.17) is 4.98 Å². The van der Waals surface area contributed by atoms with Gasteiger partial charge in [0.25, 0.3) is 0 Å². The quantitative estimate of drug-likeness (QED) is 0.826. The van der Waals surface area contributed by atoms with Crippen LogP contribution in [0.4, 0.5) is 5.82 Å². The third kappa shape index (κ3) is 5.26. The van der Waals surface area contributed by atoms with E-state index in [0.717, 1.165) is 43.5 Å². The van der Waals surface area contributed by atoms with Crippen molar-refractivity contribution in [2.24, 2.45) is 0 Å². The molecule has 3 heterocycles. The number of hydrogen-bond acceptors (Lipinski definition) is 6. The van der Waals surface area contributed by atoms with Crippen molar-refractivity contribution in [2.75, 3.05) is 37.6 Å². The number of anilines is 1. The molecular weight excluding hydrogens is 358 g/mol. The maximum absolute atomic E-state index is 12.4. The van der Waals surface area contributed by atoms with Crippen molar-refractivity contribution in [1.82, 2.24) is 20.2 Å². The summed E-state index contributed by atoms with van der Waals surface area (Å²) < 4.78 is 0. The number of thiophene rings is 1. The Kier molecular flexibility index (Phi) is 6.44. The molecule has 1 N–H and O–H groups in total. The molecule has 0 aliphatic carbocycles. The van der Waals surface area contributed by atoms with Gasteiger partial charge in [-0.25, -0.2) is 9.97 Å². The molecule has 0 bridgehead atoms. The lowest BCUT2D eigenvalue weighted by atomic mass is 10.2. The Balaban J connectivity index is 1.51. The molecule has 1 aliphatic heterocycles. The van der Waals surface area contributed by atoms with Crippen LogP contribution >= 0.6 is 11.3 Å². The SMILES string of the molecule is Cc1cc(N2CCN(CC(=O)NC(C)c3cccs3)CC2)nc(C(C)C)n1. The van der Waals surface area contributed by atoms with Crippen LogP contribution in [0.1, 0.15) is 49.1 Å². The summed E-state index contributed by atoms with van der Waals surface area (Å²) in [5.41, 5.74) is 1.01. The van der Waals surface area contributed by atoms with Crippen molar-refractivity contribution in [1.29, 1.82) is 0 Å². The van der Waals surface area contributed by atoms with E-state index in [0.29, 0.717) is 12.5 Å². The number of amides is 1. The fraction of sp³-hybridized carbons (Fsp3) is 0.550. The van der Waals surface area contributed by atoms with E-state index in [-0.39, 0.29) is 11.9 Å². The fourth-order valence-corrected chi connectivity index (χ4v) is 3.96. The standard InChI is InChI=1S/C20H29N5OS/c1-14(2)20-21-15(3)12-18(23-20)25-9-7-24(8-10-25)13-19(26)22-16(4)17-6-5-11-27-17/h5-6,11-12,14,16H,7-10,13H2,1-4H3,(H,22,26). The van der Waals surface area contributed by atoms with Gasteiger partial charge in [-0.2, -0.15) is 0 Å². The second kappa shape index (κ2) is 8.80. The first-order valence-corrected chi connectivity index (χ1v) is 10.5. The van der Waals surface area contributed by atoms with Crippen LogP contribution in [-0.2, 0) is 4.79 Å². The summed E-state index contributed by atoms with van der Waals surface area (Å²) in [6, 6.07) is 6.19. The Bertz CT molecular complexity index is 754. The molecule has 0 radical (unpaired) electrons. The summed E-state index contributed by atoms with van der Waals surface area (Å²) in [5.74, 6) is 2.30. The predicted molar refractivity (Wildman–Crippen MR) is 110 cm³/mol. The zero-order valence-electron chi connectivity index (χ0n) is 16.6. The zero-order chi connectivity index (χ0) is 19.4. The monoisotopic (exact) mass is 387 g/mol. The van der Waals surface area contributed by atoms with Gasteiger partial charge in [0.05, 0.1) is 12.6 Å². The molecule has 0 saturated carbocycles. The minimum absolute atomic E-state index is 0.0669. The number of rotatable bonds is 6. The molecule has 7 heteroatoms. The summed E-state index contributed by atoms with van der Waals surface area (Å²) in [6.07, 6.45) is 0. The van der Waals surface area contributed by atoms with Gasteiger partial charge in [-0.05, 0) is 25.3 Å². The Morgan fingerprint density at radius 3 is 2.59 bits per heavy atom.